The van der Waals surface area contributed by atoms with Gasteiger partial charge < -0.3 is 16.0 Å². The van der Waals surface area contributed by atoms with Gasteiger partial charge in [0.15, 0.2) is 0 Å². The van der Waals surface area contributed by atoms with Crippen LogP contribution in [0.3, 0.4) is 0 Å². The second-order valence-electron chi connectivity index (χ2n) is 5.52. The van der Waals surface area contributed by atoms with Crippen LogP contribution in [0.4, 0.5) is 5.82 Å². The van der Waals surface area contributed by atoms with Crippen molar-refractivity contribution in [1.29, 1.82) is 0 Å². The van der Waals surface area contributed by atoms with E-state index in [0.29, 0.717) is 6.54 Å². The molecule has 1 aliphatic heterocycles. The molecule has 1 aliphatic rings. The first-order valence-electron chi connectivity index (χ1n) is 7.32. The second-order valence-corrected chi connectivity index (χ2v) is 5.52. The highest BCUT2D eigenvalue weighted by Gasteiger charge is 2.30. The molecule has 2 heterocycles. The number of nitrogens with one attached hydrogen (secondary N) is 1. The Kier molecular flexibility index (Phi) is 4.65. The largest absolute Gasteiger partial charge is 0.369 e. The Balaban J connectivity index is 2.16. The molecule has 1 aromatic heterocycles. The predicted molar refractivity (Wildman–Crippen MR) is 79.5 cm³/mol. The molecule has 1 amide bonds. The van der Waals surface area contributed by atoms with Crippen LogP contribution in [-0.4, -0.2) is 35.3 Å². The van der Waals surface area contributed by atoms with Crippen molar-refractivity contribution in [2.45, 2.75) is 33.2 Å². The maximum Gasteiger partial charge on any atom is 0.222 e. The van der Waals surface area contributed by atoms with Gasteiger partial charge in [0.2, 0.25) is 5.91 Å². The number of aromatic nitrogens is 2. The number of aryl methyl sites for hydroxylation is 2. The van der Waals surface area contributed by atoms with E-state index in [1.165, 1.54) is 5.56 Å². The Morgan fingerprint density at radius 3 is 2.90 bits per heavy atom. The third-order valence-electron chi connectivity index (χ3n) is 3.93. The molecule has 112 valence electrons. The Bertz CT molecular complexity index is 482. The lowest BCUT2D eigenvalue weighted by Gasteiger charge is -2.20. The van der Waals surface area contributed by atoms with E-state index in [1.807, 2.05) is 18.7 Å². The lowest BCUT2D eigenvalue weighted by atomic mass is 10.1. The minimum absolute atomic E-state index is 0.0401. The van der Waals surface area contributed by atoms with Gasteiger partial charge in [-0.2, -0.15) is 5.10 Å². The molecule has 0 radical (unpaired) electrons. The number of amides is 1. The van der Waals surface area contributed by atoms with Crippen LogP contribution < -0.4 is 16.0 Å². The van der Waals surface area contributed by atoms with Crippen LogP contribution in [0.15, 0.2) is 0 Å². The Morgan fingerprint density at radius 1 is 1.55 bits per heavy atom. The number of hydrogen-bond donors (Lipinski definition) is 2. The summed E-state index contributed by atoms with van der Waals surface area (Å²) in [5, 5.41) is 7.95. The van der Waals surface area contributed by atoms with Gasteiger partial charge >= 0.3 is 0 Å². The van der Waals surface area contributed by atoms with Crippen LogP contribution in [0.1, 0.15) is 31.0 Å². The fraction of sp³-hybridized carbons (Fsp3) is 0.714. The van der Waals surface area contributed by atoms with Gasteiger partial charge in [-0.15, -0.1) is 0 Å². The Hall–Kier alpha value is -1.56. The van der Waals surface area contributed by atoms with Crippen LogP contribution >= 0.6 is 0 Å². The van der Waals surface area contributed by atoms with Crippen LogP contribution in [0, 0.1) is 12.8 Å². The highest BCUT2D eigenvalue weighted by molar-refractivity contribution is 5.78. The van der Waals surface area contributed by atoms with Gasteiger partial charge in [-0.25, -0.2) is 0 Å². The van der Waals surface area contributed by atoms with Crippen molar-refractivity contribution in [1.82, 2.24) is 15.1 Å². The predicted octanol–water partition coefficient (Wildman–Crippen LogP) is 0.540. The average molecular weight is 279 g/mol. The van der Waals surface area contributed by atoms with E-state index in [1.54, 1.807) is 0 Å². The molecule has 20 heavy (non-hydrogen) atoms. The van der Waals surface area contributed by atoms with E-state index in [-0.39, 0.29) is 11.8 Å². The molecular formula is C14H25N5O. The van der Waals surface area contributed by atoms with Crippen LogP contribution in [0.5, 0.6) is 0 Å². The quantitative estimate of drug-likeness (QED) is 0.745. The molecule has 0 spiro atoms. The van der Waals surface area contributed by atoms with Crippen molar-refractivity contribution in [2.75, 3.05) is 24.5 Å². The second kappa shape index (κ2) is 6.26. The minimum Gasteiger partial charge on any atom is -0.369 e. The molecule has 6 heteroatoms. The number of primary amides is 1. The number of carbonyl (C=O) groups excluding carboxylic acids is 1. The summed E-state index contributed by atoms with van der Waals surface area (Å²) in [6.07, 6.45) is 1.95. The van der Waals surface area contributed by atoms with Gasteiger partial charge in [0, 0.05) is 32.2 Å². The maximum atomic E-state index is 11.3. The number of nitrogens with two attached hydrogens (primary N) is 1. The molecule has 1 aromatic rings. The monoisotopic (exact) mass is 279 g/mol. The SMILES string of the molecule is CCCNCc1c(C)nn(C)c1N1CCC(C(N)=O)C1. The smallest absolute Gasteiger partial charge is 0.222 e. The summed E-state index contributed by atoms with van der Waals surface area (Å²) in [6, 6.07) is 0. The van der Waals surface area contributed by atoms with E-state index in [4.69, 9.17) is 5.73 Å². The standard InChI is InChI=1S/C14H25N5O/c1-4-6-16-8-12-10(2)17-18(3)14(12)19-7-5-11(9-19)13(15)20/h11,16H,4-9H2,1-3H3,(H2,15,20). The molecule has 1 saturated heterocycles. The summed E-state index contributed by atoms with van der Waals surface area (Å²) in [7, 11) is 1.96. The van der Waals surface area contributed by atoms with Gasteiger partial charge in [-0.05, 0) is 26.3 Å². The molecule has 0 saturated carbocycles. The van der Waals surface area contributed by atoms with Crippen molar-refractivity contribution in [2.24, 2.45) is 18.7 Å². The first kappa shape index (κ1) is 14.8. The average Bonchev–Trinajstić information content (AvgIpc) is 2.95. The van der Waals surface area contributed by atoms with Crippen LogP contribution in [0.2, 0.25) is 0 Å². The van der Waals surface area contributed by atoms with Gasteiger partial charge in [-0.1, -0.05) is 6.92 Å². The molecule has 0 aliphatic carbocycles. The molecule has 0 bridgehead atoms. The van der Waals surface area contributed by atoms with Crippen molar-refractivity contribution in [3.63, 3.8) is 0 Å². The van der Waals surface area contributed by atoms with E-state index < -0.39 is 0 Å². The zero-order chi connectivity index (χ0) is 14.7. The highest BCUT2D eigenvalue weighted by Crippen LogP contribution is 2.28. The number of hydrogen-bond acceptors (Lipinski definition) is 4. The van der Waals surface area contributed by atoms with E-state index in [9.17, 15) is 4.79 Å². The number of rotatable bonds is 6. The molecule has 1 unspecified atom stereocenters. The third-order valence-corrected chi connectivity index (χ3v) is 3.93. The van der Waals surface area contributed by atoms with E-state index >= 15 is 0 Å². The van der Waals surface area contributed by atoms with Crippen molar-refractivity contribution in [3.8, 4) is 0 Å². The first-order valence-corrected chi connectivity index (χ1v) is 7.32. The Morgan fingerprint density at radius 2 is 2.30 bits per heavy atom. The van der Waals surface area contributed by atoms with Gasteiger partial charge in [0.05, 0.1) is 11.6 Å². The lowest BCUT2D eigenvalue weighted by Crippen LogP contribution is -2.29. The van der Waals surface area contributed by atoms with Crippen LogP contribution in [-0.2, 0) is 18.4 Å². The fourth-order valence-electron chi connectivity index (χ4n) is 2.87. The summed E-state index contributed by atoms with van der Waals surface area (Å²) in [6.45, 7) is 7.58. The molecule has 3 N–H and O–H groups in total. The summed E-state index contributed by atoms with van der Waals surface area (Å²) in [5.74, 6) is 0.883. The number of anilines is 1. The van der Waals surface area contributed by atoms with E-state index in [0.717, 1.165) is 44.0 Å². The summed E-state index contributed by atoms with van der Waals surface area (Å²) in [5.41, 5.74) is 7.69. The summed E-state index contributed by atoms with van der Waals surface area (Å²) >= 11 is 0. The molecule has 6 nitrogen and oxygen atoms in total. The van der Waals surface area contributed by atoms with Gasteiger partial charge in [0.25, 0.3) is 0 Å². The van der Waals surface area contributed by atoms with Gasteiger partial charge in [-0.3, -0.25) is 9.48 Å². The minimum atomic E-state index is -0.197. The summed E-state index contributed by atoms with van der Waals surface area (Å²) < 4.78 is 1.92. The topological polar surface area (TPSA) is 76.2 Å². The molecule has 0 aromatic carbocycles. The molecule has 2 rings (SSSR count). The zero-order valence-corrected chi connectivity index (χ0v) is 12.6. The Labute approximate surface area is 120 Å². The molecular weight excluding hydrogens is 254 g/mol. The highest BCUT2D eigenvalue weighted by atomic mass is 16.1. The normalized spacial score (nSPS) is 18.8. The fourth-order valence-corrected chi connectivity index (χ4v) is 2.87. The van der Waals surface area contributed by atoms with Crippen molar-refractivity contribution in [3.05, 3.63) is 11.3 Å². The third kappa shape index (κ3) is 2.95. The van der Waals surface area contributed by atoms with Crippen molar-refractivity contribution < 1.29 is 4.79 Å². The van der Waals surface area contributed by atoms with Crippen molar-refractivity contribution >= 4 is 11.7 Å². The molecule has 1 fully saturated rings. The number of carbonyl (C=O) groups is 1. The van der Waals surface area contributed by atoms with Crippen LogP contribution in [0.25, 0.3) is 0 Å². The lowest BCUT2D eigenvalue weighted by molar-refractivity contribution is -0.121. The maximum absolute atomic E-state index is 11.3. The van der Waals surface area contributed by atoms with Gasteiger partial charge in [0.1, 0.15) is 5.82 Å². The zero-order valence-electron chi connectivity index (χ0n) is 12.6. The first-order chi connectivity index (χ1) is 9.54. The number of nitrogens with zero attached hydrogens (tertiary/aromatic N) is 3. The summed E-state index contributed by atoms with van der Waals surface area (Å²) in [4.78, 5) is 13.6. The van der Waals surface area contributed by atoms with E-state index in [2.05, 4.69) is 22.2 Å². The molecule has 1 atom stereocenters.